The summed E-state index contributed by atoms with van der Waals surface area (Å²) >= 11 is 0. The van der Waals surface area contributed by atoms with E-state index in [1.807, 2.05) is 20.8 Å². The molecule has 0 radical (unpaired) electrons. The zero-order chi connectivity index (χ0) is 17.8. The predicted molar refractivity (Wildman–Crippen MR) is 95.0 cm³/mol. The highest BCUT2D eigenvalue weighted by Gasteiger charge is 2.35. The van der Waals surface area contributed by atoms with E-state index in [2.05, 4.69) is 5.32 Å². The smallest absolute Gasteiger partial charge is 0.243 e. The first-order chi connectivity index (χ1) is 11.3. The Morgan fingerprint density at radius 2 is 1.67 bits per heavy atom. The number of carbonyl (C=O) groups excluding carboxylic acids is 1. The predicted octanol–water partition coefficient (Wildman–Crippen LogP) is 2.91. The molecule has 1 saturated carbocycles. The molecule has 0 heterocycles. The van der Waals surface area contributed by atoms with Crippen LogP contribution in [0.1, 0.15) is 52.0 Å². The second-order valence-corrected chi connectivity index (χ2v) is 8.62. The second kappa shape index (κ2) is 7.66. The molecule has 0 bridgehead atoms. The molecule has 1 aromatic rings. The van der Waals surface area contributed by atoms with Gasteiger partial charge < -0.3 is 5.32 Å². The Bertz CT molecular complexity index is 658. The topological polar surface area (TPSA) is 66.5 Å². The van der Waals surface area contributed by atoms with Gasteiger partial charge in [-0.3, -0.25) is 4.79 Å². The van der Waals surface area contributed by atoms with Gasteiger partial charge in [0.15, 0.2) is 0 Å². The first-order valence-electron chi connectivity index (χ1n) is 8.71. The lowest BCUT2D eigenvalue weighted by atomic mass is 9.88. The average Bonchev–Trinajstić information content (AvgIpc) is 3.02. The lowest BCUT2D eigenvalue weighted by molar-refractivity contribution is -0.130. The fourth-order valence-electron chi connectivity index (χ4n) is 3.27. The van der Waals surface area contributed by atoms with Gasteiger partial charge in [0.05, 0.1) is 4.90 Å². The van der Waals surface area contributed by atoms with Crippen LogP contribution in [-0.4, -0.2) is 31.7 Å². The van der Waals surface area contributed by atoms with Crippen molar-refractivity contribution in [1.29, 1.82) is 0 Å². The Kier molecular flexibility index (Phi) is 6.04. The minimum Gasteiger partial charge on any atom is -0.352 e. The number of benzene rings is 1. The summed E-state index contributed by atoms with van der Waals surface area (Å²) in [7, 11) is -3.43. The third-order valence-corrected chi connectivity index (χ3v) is 7.04. The summed E-state index contributed by atoms with van der Waals surface area (Å²) in [6, 6.07) is 6.78. The number of sulfonamides is 1. The number of hydrogen-bond acceptors (Lipinski definition) is 3. The number of carbonyl (C=O) groups is 1. The van der Waals surface area contributed by atoms with Crippen molar-refractivity contribution in [2.75, 3.05) is 13.1 Å². The zero-order valence-electron chi connectivity index (χ0n) is 14.8. The monoisotopic (exact) mass is 352 g/mol. The van der Waals surface area contributed by atoms with Crippen LogP contribution in [0.4, 0.5) is 0 Å². The van der Waals surface area contributed by atoms with Gasteiger partial charge in [-0.25, -0.2) is 8.42 Å². The van der Waals surface area contributed by atoms with E-state index in [1.54, 1.807) is 24.3 Å². The molecule has 1 aliphatic rings. The first-order valence-corrected chi connectivity index (χ1v) is 10.1. The Hall–Kier alpha value is -1.40. The molecule has 1 aromatic carbocycles. The maximum Gasteiger partial charge on any atom is 0.243 e. The minimum absolute atomic E-state index is 0.0971. The lowest BCUT2D eigenvalue weighted by Crippen LogP contribution is -2.36. The van der Waals surface area contributed by atoms with E-state index in [-0.39, 0.29) is 11.3 Å². The molecule has 1 fully saturated rings. The van der Waals surface area contributed by atoms with Gasteiger partial charge in [0.2, 0.25) is 15.9 Å². The van der Waals surface area contributed by atoms with Crippen LogP contribution in [0.3, 0.4) is 0 Å². The quantitative estimate of drug-likeness (QED) is 0.820. The van der Waals surface area contributed by atoms with Crippen LogP contribution in [0, 0.1) is 5.41 Å². The summed E-state index contributed by atoms with van der Waals surface area (Å²) in [5.74, 6) is 0.0971. The number of hydrogen-bond donors (Lipinski definition) is 1. The van der Waals surface area contributed by atoms with Crippen LogP contribution in [0.25, 0.3) is 0 Å². The summed E-state index contributed by atoms with van der Waals surface area (Å²) in [4.78, 5) is 12.6. The van der Waals surface area contributed by atoms with Crippen LogP contribution < -0.4 is 5.32 Å². The molecule has 6 heteroatoms. The summed E-state index contributed by atoms with van der Waals surface area (Å²) in [5, 5.41) is 2.99. The third-order valence-electron chi connectivity index (χ3n) is 4.97. The van der Waals surface area contributed by atoms with Crippen molar-refractivity contribution in [3.8, 4) is 0 Å². The van der Waals surface area contributed by atoms with E-state index in [0.29, 0.717) is 24.5 Å². The van der Waals surface area contributed by atoms with Crippen LogP contribution in [0.5, 0.6) is 0 Å². The highest BCUT2D eigenvalue weighted by molar-refractivity contribution is 7.89. The Morgan fingerprint density at radius 3 is 2.17 bits per heavy atom. The van der Waals surface area contributed by atoms with Gasteiger partial charge in [-0.1, -0.05) is 45.7 Å². The van der Waals surface area contributed by atoms with Crippen LogP contribution in [-0.2, 0) is 21.4 Å². The lowest BCUT2D eigenvalue weighted by Gasteiger charge is -2.22. The van der Waals surface area contributed by atoms with Crippen molar-refractivity contribution in [3.63, 3.8) is 0 Å². The second-order valence-electron chi connectivity index (χ2n) is 6.68. The van der Waals surface area contributed by atoms with E-state index in [0.717, 1.165) is 31.2 Å². The maximum absolute atomic E-state index is 12.4. The van der Waals surface area contributed by atoms with Gasteiger partial charge in [-0.2, -0.15) is 4.31 Å². The third kappa shape index (κ3) is 3.98. The van der Waals surface area contributed by atoms with E-state index in [1.165, 1.54) is 4.31 Å². The van der Waals surface area contributed by atoms with Crippen molar-refractivity contribution >= 4 is 15.9 Å². The largest absolute Gasteiger partial charge is 0.352 e. The number of nitrogens with one attached hydrogen (secondary N) is 1. The fraction of sp³-hybridized carbons (Fsp3) is 0.611. The first kappa shape index (κ1) is 18.9. The summed E-state index contributed by atoms with van der Waals surface area (Å²) < 4.78 is 26.3. The van der Waals surface area contributed by atoms with Crippen LogP contribution in [0.15, 0.2) is 29.2 Å². The van der Waals surface area contributed by atoms with Gasteiger partial charge in [0.25, 0.3) is 0 Å². The molecule has 5 nitrogen and oxygen atoms in total. The van der Waals surface area contributed by atoms with E-state index < -0.39 is 10.0 Å². The normalized spacial score (nSPS) is 17.2. The molecule has 0 spiro atoms. The van der Waals surface area contributed by atoms with E-state index in [4.69, 9.17) is 0 Å². The molecule has 0 unspecified atom stereocenters. The summed E-state index contributed by atoms with van der Waals surface area (Å²) in [5.41, 5.74) is 0.662. The van der Waals surface area contributed by atoms with Crippen LogP contribution >= 0.6 is 0 Å². The molecule has 0 atom stereocenters. The zero-order valence-corrected chi connectivity index (χ0v) is 15.7. The van der Waals surface area contributed by atoms with Gasteiger partial charge in [0, 0.05) is 25.0 Å². The molecule has 2 rings (SSSR count). The SMILES string of the molecule is CCN(CC)S(=O)(=O)c1ccc(CNC(=O)C2(C)CCCC2)cc1. The molecule has 0 aliphatic heterocycles. The van der Waals surface area contributed by atoms with Crippen molar-refractivity contribution in [2.45, 2.75) is 57.9 Å². The Balaban J connectivity index is 2.01. The Morgan fingerprint density at radius 1 is 1.12 bits per heavy atom. The van der Waals surface area contributed by atoms with E-state index >= 15 is 0 Å². The van der Waals surface area contributed by atoms with Gasteiger partial charge in [-0.05, 0) is 30.5 Å². The summed E-state index contributed by atoms with van der Waals surface area (Å²) in [6.45, 7) is 7.02. The molecule has 0 saturated heterocycles. The molecule has 0 aromatic heterocycles. The molecule has 1 amide bonds. The number of amides is 1. The highest BCUT2D eigenvalue weighted by Crippen LogP contribution is 2.37. The number of rotatable bonds is 7. The Labute approximate surface area is 145 Å². The number of nitrogens with zero attached hydrogens (tertiary/aromatic N) is 1. The fourth-order valence-corrected chi connectivity index (χ4v) is 4.73. The molecular weight excluding hydrogens is 324 g/mol. The van der Waals surface area contributed by atoms with Crippen molar-refractivity contribution in [2.24, 2.45) is 5.41 Å². The van der Waals surface area contributed by atoms with Crippen molar-refractivity contribution in [3.05, 3.63) is 29.8 Å². The summed E-state index contributed by atoms with van der Waals surface area (Å²) in [6.07, 6.45) is 4.11. The average molecular weight is 353 g/mol. The van der Waals surface area contributed by atoms with Gasteiger partial charge in [0.1, 0.15) is 0 Å². The molecule has 1 N–H and O–H groups in total. The van der Waals surface area contributed by atoms with Crippen molar-refractivity contribution in [1.82, 2.24) is 9.62 Å². The van der Waals surface area contributed by atoms with E-state index in [9.17, 15) is 13.2 Å². The molecule has 1 aliphatic carbocycles. The van der Waals surface area contributed by atoms with Gasteiger partial charge >= 0.3 is 0 Å². The van der Waals surface area contributed by atoms with Gasteiger partial charge in [-0.15, -0.1) is 0 Å². The highest BCUT2D eigenvalue weighted by atomic mass is 32.2. The van der Waals surface area contributed by atoms with Crippen LogP contribution in [0.2, 0.25) is 0 Å². The molecule has 134 valence electrons. The maximum atomic E-state index is 12.4. The minimum atomic E-state index is -3.43. The van der Waals surface area contributed by atoms with Crippen molar-refractivity contribution < 1.29 is 13.2 Å². The molecular formula is C18H28N2O3S. The standard InChI is InChI=1S/C18H28N2O3S/c1-4-20(5-2)24(22,23)16-10-8-15(9-11-16)14-19-17(21)18(3)12-6-7-13-18/h8-11H,4-7,12-14H2,1-3H3,(H,19,21). The molecule has 24 heavy (non-hydrogen) atoms.